The van der Waals surface area contributed by atoms with Gasteiger partial charge in [-0.2, -0.15) is 0 Å². The van der Waals surface area contributed by atoms with Gasteiger partial charge in [-0.15, -0.1) is 0 Å². The summed E-state index contributed by atoms with van der Waals surface area (Å²) < 4.78 is 10.9. The third-order valence-electron chi connectivity index (χ3n) is 4.60. The molecule has 0 spiro atoms. The van der Waals surface area contributed by atoms with E-state index in [9.17, 15) is 4.79 Å². The van der Waals surface area contributed by atoms with E-state index in [4.69, 9.17) is 9.15 Å². The molecule has 3 aromatic rings. The standard InChI is InChI=1S/C21H20N2O3/c24-21(17-6-3-5-16(13-17)18-9-12-25-15-18)23(14-19-7-4-11-26-19)20-8-1-2-10-22-20/h1-8,10-11,13,18H,9,12,14-15H2/t18-/m0/s1. The molecule has 1 aliphatic heterocycles. The summed E-state index contributed by atoms with van der Waals surface area (Å²) in [4.78, 5) is 19.2. The molecule has 4 rings (SSSR count). The highest BCUT2D eigenvalue weighted by atomic mass is 16.5. The fourth-order valence-electron chi connectivity index (χ4n) is 3.21. The minimum atomic E-state index is -0.0964. The van der Waals surface area contributed by atoms with Crippen molar-refractivity contribution in [3.63, 3.8) is 0 Å². The van der Waals surface area contributed by atoms with Gasteiger partial charge < -0.3 is 9.15 Å². The summed E-state index contributed by atoms with van der Waals surface area (Å²) in [7, 11) is 0. The number of hydrogen-bond acceptors (Lipinski definition) is 4. The van der Waals surface area contributed by atoms with Crippen molar-refractivity contribution in [3.8, 4) is 0 Å². The van der Waals surface area contributed by atoms with Crippen LogP contribution in [0.1, 0.15) is 34.0 Å². The largest absolute Gasteiger partial charge is 0.467 e. The normalized spacial score (nSPS) is 16.5. The molecule has 1 aliphatic rings. The predicted molar refractivity (Wildman–Crippen MR) is 98.1 cm³/mol. The molecule has 0 saturated carbocycles. The lowest BCUT2D eigenvalue weighted by Gasteiger charge is -2.21. The Bertz CT molecular complexity index is 856. The minimum absolute atomic E-state index is 0.0964. The van der Waals surface area contributed by atoms with Gasteiger partial charge in [0, 0.05) is 24.3 Å². The van der Waals surface area contributed by atoms with Crippen molar-refractivity contribution in [1.29, 1.82) is 0 Å². The van der Waals surface area contributed by atoms with Crippen LogP contribution in [0.15, 0.2) is 71.5 Å². The number of nitrogens with zero attached hydrogens (tertiary/aromatic N) is 2. The van der Waals surface area contributed by atoms with Crippen molar-refractivity contribution >= 4 is 11.7 Å². The zero-order valence-corrected chi connectivity index (χ0v) is 14.4. The SMILES string of the molecule is O=C(c1cccc([C@H]2CCOC2)c1)N(Cc1ccco1)c1ccccn1. The Kier molecular flexibility index (Phi) is 4.80. The van der Waals surface area contributed by atoms with Gasteiger partial charge in [0.05, 0.1) is 19.4 Å². The Morgan fingerprint density at radius 1 is 1.15 bits per heavy atom. The molecule has 1 aromatic carbocycles. The second-order valence-corrected chi connectivity index (χ2v) is 6.34. The Hall–Kier alpha value is -2.92. The number of amides is 1. The van der Waals surface area contributed by atoms with Crippen molar-refractivity contribution in [2.24, 2.45) is 0 Å². The molecule has 3 heterocycles. The topological polar surface area (TPSA) is 55.6 Å². The molecule has 5 nitrogen and oxygen atoms in total. The second kappa shape index (κ2) is 7.54. The van der Waals surface area contributed by atoms with Crippen molar-refractivity contribution in [3.05, 3.63) is 83.9 Å². The number of benzene rings is 1. The van der Waals surface area contributed by atoms with Gasteiger partial charge in [-0.3, -0.25) is 9.69 Å². The molecule has 26 heavy (non-hydrogen) atoms. The number of rotatable bonds is 5. The van der Waals surface area contributed by atoms with Crippen LogP contribution < -0.4 is 4.90 Å². The number of carbonyl (C=O) groups is 1. The summed E-state index contributed by atoms with van der Waals surface area (Å²) in [5, 5.41) is 0. The van der Waals surface area contributed by atoms with Gasteiger partial charge in [-0.1, -0.05) is 18.2 Å². The first kappa shape index (κ1) is 16.5. The quantitative estimate of drug-likeness (QED) is 0.699. The molecule has 1 amide bonds. The highest BCUT2D eigenvalue weighted by molar-refractivity contribution is 6.05. The monoisotopic (exact) mass is 348 g/mol. The van der Waals surface area contributed by atoms with Crippen LogP contribution >= 0.6 is 0 Å². The maximum absolute atomic E-state index is 13.3. The van der Waals surface area contributed by atoms with Crippen LogP contribution in [0.5, 0.6) is 0 Å². The zero-order chi connectivity index (χ0) is 17.8. The van der Waals surface area contributed by atoms with E-state index in [0.29, 0.717) is 36.2 Å². The minimum Gasteiger partial charge on any atom is -0.467 e. The van der Waals surface area contributed by atoms with Crippen molar-refractivity contribution in [2.45, 2.75) is 18.9 Å². The van der Waals surface area contributed by atoms with Gasteiger partial charge >= 0.3 is 0 Å². The molecule has 5 heteroatoms. The average Bonchev–Trinajstić information content (AvgIpc) is 3.40. The summed E-state index contributed by atoms with van der Waals surface area (Å²) in [6, 6.07) is 17.0. The summed E-state index contributed by atoms with van der Waals surface area (Å²) in [6.07, 6.45) is 4.29. The third-order valence-corrected chi connectivity index (χ3v) is 4.60. The molecular formula is C21H20N2O3. The van der Waals surface area contributed by atoms with Crippen molar-refractivity contribution in [2.75, 3.05) is 18.1 Å². The smallest absolute Gasteiger partial charge is 0.259 e. The number of aromatic nitrogens is 1. The Labute approximate surface area is 152 Å². The number of carbonyl (C=O) groups excluding carboxylic acids is 1. The van der Waals surface area contributed by atoms with E-state index >= 15 is 0 Å². The van der Waals surface area contributed by atoms with E-state index in [1.54, 1.807) is 17.4 Å². The number of furan rings is 1. The molecule has 0 aliphatic carbocycles. The molecule has 1 fully saturated rings. The molecule has 2 aromatic heterocycles. The van der Waals surface area contributed by atoms with Crippen LogP contribution in [0.2, 0.25) is 0 Å². The molecule has 0 bridgehead atoms. The fourth-order valence-corrected chi connectivity index (χ4v) is 3.21. The van der Waals surface area contributed by atoms with Crippen LogP contribution in [-0.4, -0.2) is 24.1 Å². The first-order valence-corrected chi connectivity index (χ1v) is 8.74. The summed E-state index contributed by atoms with van der Waals surface area (Å²) in [5.41, 5.74) is 1.79. The van der Waals surface area contributed by atoms with Gasteiger partial charge in [0.1, 0.15) is 11.6 Å². The van der Waals surface area contributed by atoms with E-state index in [1.165, 1.54) is 0 Å². The Morgan fingerprint density at radius 2 is 2.12 bits per heavy atom. The van der Waals surface area contributed by atoms with Crippen LogP contribution in [0.4, 0.5) is 5.82 Å². The molecule has 132 valence electrons. The number of hydrogen-bond donors (Lipinski definition) is 0. The van der Waals surface area contributed by atoms with Gasteiger partial charge in [-0.05, 0) is 48.4 Å². The van der Waals surface area contributed by atoms with Crippen molar-refractivity contribution in [1.82, 2.24) is 4.98 Å². The predicted octanol–water partition coefficient (Wildman–Crippen LogP) is 4.03. The Balaban J connectivity index is 1.64. The number of anilines is 1. The first-order chi connectivity index (χ1) is 12.8. The molecule has 1 saturated heterocycles. The lowest BCUT2D eigenvalue weighted by Crippen LogP contribution is -2.31. The maximum atomic E-state index is 13.3. The lowest BCUT2D eigenvalue weighted by atomic mass is 9.96. The van der Waals surface area contributed by atoms with Crippen LogP contribution in [0.25, 0.3) is 0 Å². The van der Waals surface area contributed by atoms with E-state index in [1.807, 2.05) is 48.5 Å². The highest BCUT2D eigenvalue weighted by Crippen LogP contribution is 2.27. The van der Waals surface area contributed by atoms with E-state index in [-0.39, 0.29) is 5.91 Å². The molecule has 0 N–H and O–H groups in total. The van der Waals surface area contributed by atoms with Crippen LogP contribution in [0, 0.1) is 0 Å². The summed E-state index contributed by atoms with van der Waals surface area (Å²) >= 11 is 0. The second-order valence-electron chi connectivity index (χ2n) is 6.34. The first-order valence-electron chi connectivity index (χ1n) is 8.74. The number of pyridine rings is 1. The van der Waals surface area contributed by atoms with Gasteiger partial charge in [0.15, 0.2) is 0 Å². The highest BCUT2D eigenvalue weighted by Gasteiger charge is 2.23. The van der Waals surface area contributed by atoms with Gasteiger partial charge in [0.25, 0.3) is 5.91 Å². The van der Waals surface area contributed by atoms with Crippen LogP contribution in [-0.2, 0) is 11.3 Å². The van der Waals surface area contributed by atoms with Gasteiger partial charge in [0.2, 0.25) is 0 Å². The Morgan fingerprint density at radius 3 is 2.85 bits per heavy atom. The van der Waals surface area contributed by atoms with Crippen molar-refractivity contribution < 1.29 is 13.9 Å². The van der Waals surface area contributed by atoms with Gasteiger partial charge in [-0.25, -0.2) is 4.98 Å². The molecule has 1 atom stereocenters. The van der Waals surface area contributed by atoms with E-state index in [0.717, 1.165) is 18.6 Å². The van der Waals surface area contributed by atoms with E-state index < -0.39 is 0 Å². The average molecular weight is 348 g/mol. The zero-order valence-electron chi connectivity index (χ0n) is 14.4. The summed E-state index contributed by atoms with van der Waals surface area (Å²) in [5.74, 6) is 1.57. The molecular weight excluding hydrogens is 328 g/mol. The van der Waals surface area contributed by atoms with E-state index in [2.05, 4.69) is 11.1 Å². The summed E-state index contributed by atoms with van der Waals surface area (Å²) in [6.45, 7) is 1.83. The maximum Gasteiger partial charge on any atom is 0.259 e. The molecule has 0 unspecified atom stereocenters. The third kappa shape index (κ3) is 3.53. The number of ether oxygens (including phenoxy) is 1. The lowest BCUT2D eigenvalue weighted by molar-refractivity contribution is 0.0982. The van der Waals surface area contributed by atoms with Crippen LogP contribution in [0.3, 0.4) is 0 Å². The fraction of sp³-hybridized carbons (Fsp3) is 0.238. The molecule has 0 radical (unpaired) electrons.